The van der Waals surface area contributed by atoms with Crippen LogP contribution < -0.4 is 14.4 Å². The number of carbonyl (C=O) groups excluding carboxylic acids is 1. The van der Waals surface area contributed by atoms with Gasteiger partial charge in [0.1, 0.15) is 16.5 Å². The van der Waals surface area contributed by atoms with Gasteiger partial charge in [0, 0.05) is 36.2 Å². The quantitative estimate of drug-likeness (QED) is 0.0796. The van der Waals surface area contributed by atoms with Crippen LogP contribution in [-0.2, 0) is 27.4 Å². The van der Waals surface area contributed by atoms with E-state index in [1.807, 2.05) is 35.1 Å². The molecule has 1 aliphatic heterocycles. The number of allylic oxidation sites excluding steroid dienone is 2. The van der Waals surface area contributed by atoms with E-state index >= 15 is 0 Å². The van der Waals surface area contributed by atoms with Crippen LogP contribution in [0, 0.1) is 11.8 Å². The molecule has 5 atom stereocenters. The van der Waals surface area contributed by atoms with E-state index in [9.17, 15) is 13.8 Å². The zero-order valence-corrected chi connectivity index (χ0v) is 27.3. The van der Waals surface area contributed by atoms with Crippen LogP contribution >= 0.6 is 11.6 Å². The molecule has 45 heavy (non-hydrogen) atoms. The van der Waals surface area contributed by atoms with Gasteiger partial charge in [-0.25, -0.2) is 18.1 Å². The summed E-state index contributed by atoms with van der Waals surface area (Å²) in [6.45, 7) is 6.39. The average Bonchev–Trinajstić information content (AvgIpc) is 3.15. The van der Waals surface area contributed by atoms with E-state index < -0.39 is 16.9 Å². The summed E-state index contributed by atoms with van der Waals surface area (Å²) in [6.07, 6.45) is 10.2. The Bertz CT molecular complexity index is 1540. The number of nitrogens with one attached hydrogen (secondary N) is 1. The van der Waals surface area contributed by atoms with Gasteiger partial charge in [-0.2, -0.15) is 0 Å². The Labute approximate surface area is 272 Å². The Morgan fingerprint density at radius 1 is 1.31 bits per heavy atom. The number of carbonyl (C=O) groups is 2. The smallest absolute Gasteiger partial charge is 0.417 e. The molecule has 1 amide bonds. The van der Waals surface area contributed by atoms with Gasteiger partial charge >= 0.3 is 6.09 Å². The van der Waals surface area contributed by atoms with E-state index in [4.69, 9.17) is 26.2 Å². The molecule has 1 spiro atoms. The number of aryl methyl sites for hydroxylation is 1. The molecule has 9 nitrogen and oxygen atoms in total. The number of amides is 1. The summed E-state index contributed by atoms with van der Waals surface area (Å²) in [6, 6.07) is 11.9. The highest BCUT2D eigenvalue weighted by Gasteiger charge is 2.44. The number of benzene rings is 2. The molecule has 2 aromatic carbocycles. The molecule has 2 N–H and O–H groups in total. The number of methoxy groups -OCH3 is 1. The van der Waals surface area contributed by atoms with Crippen LogP contribution in [0.4, 0.5) is 10.5 Å². The summed E-state index contributed by atoms with van der Waals surface area (Å²) in [5.74, 6) is 1.49. The van der Waals surface area contributed by atoms with Gasteiger partial charge in [-0.05, 0) is 104 Å². The second kappa shape index (κ2) is 14.8. The minimum Gasteiger partial charge on any atom is -0.490 e. The van der Waals surface area contributed by atoms with E-state index in [1.54, 1.807) is 19.3 Å². The van der Waals surface area contributed by atoms with Crippen molar-refractivity contribution < 1.29 is 28.4 Å². The van der Waals surface area contributed by atoms with Gasteiger partial charge in [0.2, 0.25) is 0 Å². The van der Waals surface area contributed by atoms with Gasteiger partial charge in [0.15, 0.2) is 5.78 Å². The first-order chi connectivity index (χ1) is 21.7. The van der Waals surface area contributed by atoms with Gasteiger partial charge in [-0.3, -0.25) is 4.79 Å². The second-order valence-corrected chi connectivity index (χ2v) is 13.7. The molecule has 3 aliphatic rings. The van der Waals surface area contributed by atoms with Gasteiger partial charge in [-0.15, -0.1) is 6.58 Å². The second-order valence-electron chi connectivity index (χ2n) is 12.2. The predicted octanol–water partition coefficient (Wildman–Crippen LogP) is 6.41. The van der Waals surface area contributed by atoms with Crippen molar-refractivity contribution >= 4 is 39.9 Å². The van der Waals surface area contributed by atoms with Crippen molar-refractivity contribution in [3.63, 3.8) is 0 Å². The Hall–Kier alpha value is -3.34. The highest BCUT2D eigenvalue weighted by Crippen LogP contribution is 2.47. The van der Waals surface area contributed by atoms with Crippen molar-refractivity contribution in [3.05, 3.63) is 82.9 Å². The summed E-state index contributed by atoms with van der Waals surface area (Å²) in [5.41, 5.74) is 3.90. The Kier molecular flexibility index (Phi) is 10.9. The maximum atomic E-state index is 13.3. The molecule has 242 valence electrons. The average molecular weight is 656 g/mol. The molecular weight excluding hydrogens is 614 g/mol. The molecule has 2 aliphatic carbocycles. The first-order valence-corrected chi connectivity index (χ1v) is 17.1. The fourth-order valence-corrected chi connectivity index (χ4v) is 7.78. The minimum absolute atomic E-state index is 0.0119. The summed E-state index contributed by atoms with van der Waals surface area (Å²) >= 11 is 6.41. The fourth-order valence-electron chi connectivity index (χ4n) is 7.02. The molecule has 1 fully saturated rings. The standard InChI is InChI=1S/C34H42ClN3O6S/c1-3-31(43-2)27-13-10-25(27)20-38-21-34(16-7-8-23-18-26(35)12-14-28(23)34)22-44-32-15-11-24(19-29(32)38)30(39)9-5-4-6-17-36-45(42)37-33(40)41/h3,5,9,11-12,14-15,18-19,25,27,31,45H,1,4,6-8,10,13,16-17,20-22H2,2H3,(H,40,41)(H,36,37,42)/t25-,27+,31-,34-/m0/s1. The molecule has 0 saturated heterocycles. The normalized spacial score (nSPS) is 23.7. The summed E-state index contributed by atoms with van der Waals surface area (Å²) in [5, 5.41) is 9.35. The Morgan fingerprint density at radius 2 is 2.16 bits per heavy atom. The van der Waals surface area contributed by atoms with Crippen LogP contribution in [0.1, 0.15) is 60.0 Å². The van der Waals surface area contributed by atoms with Gasteiger partial charge < -0.3 is 19.5 Å². The summed E-state index contributed by atoms with van der Waals surface area (Å²) < 4.78 is 29.4. The Balaban J connectivity index is 1.38. The van der Waals surface area contributed by atoms with Crippen molar-refractivity contribution in [2.24, 2.45) is 16.2 Å². The van der Waals surface area contributed by atoms with E-state index in [2.05, 4.69) is 28.0 Å². The van der Waals surface area contributed by atoms with E-state index in [1.165, 1.54) is 11.1 Å². The number of halogens is 1. The molecule has 1 unspecified atom stereocenters. The molecule has 0 radical (unpaired) electrons. The third-order valence-corrected chi connectivity index (χ3v) is 10.5. The molecule has 2 aromatic rings. The van der Waals surface area contributed by atoms with Crippen LogP contribution in [0.2, 0.25) is 5.02 Å². The van der Waals surface area contributed by atoms with Crippen LogP contribution in [0.5, 0.6) is 5.75 Å². The van der Waals surface area contributed by atoms with Gasteiger partial charge in [0.25, 0.3) is 0 Å². The van der Waals surface area contributed by atoms with Crippen molar-refractivity contribution in [2.45, 2.75) is 56.5 Å². The van der Waals surface area contributed by atoms with E-state index in [0.717, 1.165) is 61.7 Å². The number of ether oxygens (including phenoxy) is 2. The molecule has 11 heteroatoms. The topological polar surface area (TPSA) is 118 Å². The number of hydrogen-bond acceptors (Lipinski definition) is 7. The molecule has 0 aromatic heterocycles. The number of ketones is 1. The molecule has 0 bridgehead atoms. The molecule has 1 saturated carbocycles. The number of thiol groups is 1. The van der Waals surface area contributed by atoms with Crippen molar-refractivity contribution in [1.82, 2.24) is 4.72 Å². The van der Waals surface area contributed by atoms with Crippen LogP contribution in [-0.4, -0.2) is 60.6 Å². The van der Waals surface area contributed by atoms with Crippen molar-refractivity contribution in [1.29, 1.82) is 0 Å². The Morgan fingerprint density at radius 3 is 2.89 bits per heavy atom. The van der Waals surface area contributed by atoms with Gasteiger partial charge in [-0.1, -0.05) is 29.8 Å². The first kappa shape index (κ1) is 33.0. The number of unbranched alkanes of at least 4 members (excludes halogenated alkanes) is 1. The first-order valence-electron chi connectivity index (χ1n) is 15.5. The summed E-state index contributed by atoms with van der Waals surface area (Å²) in [4.78, 5) is 26.2. The van der Waals surface area contributed by atoms with Crippen molar-refractivity contribution in [2.75, 3.05) is 38.3 Å². The monoisotopic (exact) mass is 655 g/mol. The van der Waals surface area contributed by atoms with E-state index in [0.29, 0.717) is 36.8 Å². The number of fused-ring (bicyclic) bond motifs is 3. The molecular formula is C34H42ClN3O6S. The lowest BCUT2D eigenvalue weighted by molar-refractivity contribution is 0.0135. The highest BCUT2D eigenvalue weighted by molar-refractivity contribution is 7.73. The fraction of sp³-hybridized carbons (Fsp3) is 0.471. The number of rotatable bonds is 12. The van der Waals surface area contributed by atoms with Gasteiger partial charge in [0.05, 0.1) is 24.9 Å². The van der Waals surface area contributed by atoms with Crippen LogP contribution in [0.3, 0.4) is 0 Å². The number of nitrogens with zero attached hydrogens (tertiary/aromatic N) is 2. The zero-order chi connectivity index (χ0) is 32.0. The lowest BCUT2D eigenvalue weighted by atomic mass is 9.68. The lowest BCUT2D eigenvalue weighted by Crippen LogP contribution is -2.49. The number of hydrogen-bond donors (Lipinski definition) is 3. The molecule has 5 rings (SSSR count). The zero-order valence-electron chi connectivity index (χ0n) is 25.6. The number of anilines is 1. The lowest BCUT2D eigenvalue weighted by Gasteiger charge is -2.46. The molecule has 1 heterocycles. The third kappa shape index (κ3) is 7.73. The largest absolute Gasteiger partial charge is 0.490 e. The number of carboxylic acid groups (broad SMARTS) is 1. The third-order valence-electron chi connectivity index (χ3n) is 9.40. The van der Waals surface area contributed by atoms with Crippen molar-refractivity contribution in [3.8, 4) is 5.75 Å². The van der Waals surface area contributed by atoms with Crippen LogP contribution in [0.25, 0.3) is 0 Å². The highest BCUT2D eigenvalue weighted by atomic mass is 35.5. The SMILES string of the molecule is C=C[C@H](OC)[C@@H]1CC[C@H]1CN1C[C@@]2(CCCc3cc(Cl)ccc32)COc2ccc(C(=O)C=CCCC/N=[SH](=O)/NC(=O)O)cc21. The summed E-state index contributed by atoms with van der Waals surface area (Å²) in [7, 11) is -0.592. The predicted molar refractivity (Wildman–Crippen MR) is 178 cm³/mol. The van der Waals surface area contributed by atoms with E-state index in [-0.39, 0.29) is 23.8 Å². The maximum absolute atomic E-state index is 13.3. The van der Waals surface area contributed by atoms with Crippen LogP contribution in [0.15, 0.2) is 65.6 Å². The maximum Gasteiger partial charge on any atom is 0.417 e. The minimum atomic E-state index is -2.34.